The van der Waals surface area contributed by atoms with Gasteiger partial charge in [0.1, 0.15) is 121 Å². The Labute approximate surface area is 779 Å². The molecular formula is C72H136N12O50S2. The highest BCUT2D eigenvalue weighted by Gasteiger charge is 2.27. The molecule has 0 fully saturated rings. The highest BCUT2D eigenvalue weighted by Crippen LogP contribution is 1.99. The van der Waals surface area contributed by atoms with Crippen LogP contribution in [0.25, 0.3) is 0 Å². The molecule has 0 rings (SSSR count). The summed E-state index contributed by atoms with van der Waals surface area (Å²) in [4.78, 5) is 225. The average molecular weight is 2030 g/mol. The van der Waals surface area contributed by atoms with E-state index in [2.05, 4.69) is 63.8 Å². The third-order valence-electron chi connectivity index (χ3n) is 15.3. The molecule has 0 aliphatic heterocycles. The van der Waals surface area contributed by atoms with E-state index in [1.165, 1.54) is 111 Å². The highest BCUT2D eigenvalue weighted by atomic mass is 32.2. The van der Waals surface area contributed by atoms with E-state index in [4.69, 9.17) is 121 Å². The summed E-state index contributed by atoms with van der Waals surface area (Å²) in [5.74, 6) is -24.1. The Morgan fingerprint density at radius 2 is 0.294 bits per heavy atom. The molecule has 20 atom stereocenters. The molecule has 0 amide bonds. The quantitative estimate of drug-likeness (QED) is 0.0252. The molecule has 0 aromatic heterocycles. The molecule has 36 N–H and O–H groups in total. The second-order valence-electron chi connectivity index (χ2n) is 27.5. The maximum absolute atomic E-state index is 10.4. The summed E-state index contributed by atoms with van der Waals surface area (Å²) in [5, 5.41) is 213. The number of rotatable bonds is 54. The zero-order valence-electron chi connectivity index (χ0n) is 77.8. The largest absolute Gasteiger partial charge is 0.480 e. The average Bonchev–Trinajstić information content (AvgIpc) is 0.918. The predicted octanol–water partition coefficient (Wildman–Crippen LogP) is -6.12. The Hall–Kier alpha value is -12.3. The fraction of sp³-hybridized carbons (Fsp3) is 0.694. The summed E-state index contributed by atoms with van der Waals surface area (Å²) in [5.41, 5.74) is 0. The Kier molecular flexibility index (Phi) is 91.4. The Bertz CT molecular complexity index is 3450. The van der Waals surface area contributed by atoms with Crippen LogP contribution in [-0.2, 0) is 126 Å². The summed E-state index contributed by atoms with van der Waals surface area (Å²) in [6, 6.07) is -16.3. The van der Waals surface area contributed by atoms with Crippen LogP contribution in [0.15, 0.2) is 0 Å². The van der Waals surface area contributed by atoms with Gasteiger partial charge in [-0.3, -0.25) is 168 Å². The minimum Gasteiger partial charge on any atom is -0.480 e. The van der Waals surface area contributed by atoms with Crippen molar-refractivity contribution in [2.45, 2.75) is 285 Å². The minimum atomic E-state index is -4.00. The van der Waals surface area contributed by atoms with Crippen molar-refractivity contribution in [3.05, 3.63) is 0 Å². The second kappa shape index (κ2) is 83.3. The van der Waals surface area contributed by atoms with Crippen LogP contribution in [0.5, 0.6) is 0 Å². The van der Waals surface area contributed by atoms with Gasteiger partial charge >= 0.3 is 131 Å². The molecule has 62 nitrogen and oxygen atoms in total. The van der Waals surface area contributed by atoms with Crippen molar-refractivity contribution in [2.24, 2.45) is 0 Å². The van der Waals surface area contributed by atoms with Crippen LogP contribution in [0.2, 0.25) is 0 Å². The van der Waals surface area contributed by atoms with Crippen LogP contribution in [0.4, 0.5) is 0 Å². The zero-order valence-corrected chi connectivity index (χ0v) is 79.4. The molecule has 64 heteroatoms. The number of nitrogens with one attached hydrogen (secondary N) is 12. The lowest BCUT2D eigenvalue weighted by Crippen LogP contribution is -2.45. The summed E-state index contributed by atoms with van der Waals surface area (Å²) in [6.07, 6.45) is 1.47. The van der Waals surface area contributed by atoms with Gasteiger partial charge < -0.3 is 123 Å². The third kappa shape index (κ3) is 102. The fourth-order valence-corrected chi connectivity index (χ4v) is 7.41. The van der Waals surface area contributed by atoms with Gasteiger partial charge in [-0.25, -0.2) is 0 Å². The number of carboxylic acids is 22. The van der Waals surface area contributed by atoms with E-state index in [1.807, 2.05) is 0 Å². The molecule has 0 aliphatic rings. The second-order valence-corrected chi connectivity index (χ2v) is 30.7. The van der Waals surface area contributed by atoms with Crippen molar-refractivity contribution in [1.82, 2.24) is 63.8 Å². The van der Waals surface area contributed by atoms with Gasteiger partial charge in [0.2, 0.25) is 0 Å². The molecule has 0 spiro atoms. The smallest absolute Gasteiger partial charge is 0.320 e. The SMILES string of the molecule is CC[C@@H](N[C@@H](C)C(=O)O)C(=O)O.CC[C@@H](N[C@H](C)C(=O)O)C(=O)O.CC[C@H](N[C@H](C)C(=O)O)C(=O)O.CC[C@H](N[C@H](C)C(=O)O)C(=O)O.C[C@@H](NCC(=O)O)C(=O)O.C[C@@H](NCCS(=O)(=O)O)C(=O)O.C[C@@H](N[C@H](C)C(=O)O)C(=O)O.C[C@H](NCC(=O)O)C(=O)O.C[C@H](NCCS(=O)(=O)O)C(=O)O.C[C@H](N[C@@H](C)C(=O)O)C(=O)O.C[C@H](N[C@H](C)C(=O)O)C(=O)O.C[C@H](N[C@H](C)C(=O)O)C(=O)O. The van der Waals surface area contributed by atoms with Crippen LogP contribution < -0.4 is 63.8 Å². The maximum atomic E-state index is 10.4. The van der Waals surface area contributed by atoms with Gasteiger partial charge in [-0.15, -0.1) is 0 Å². The topological polar surface area (TPSA) is 1070 Å². The van der Waals surface area contributed by atoms with Crippen molar-refractivity contribution in [3.63, 3.8) is 0 Å². The Balaban J connectivity index is -0.000000123. The molecule has 0 radical (unpaired) electrons. The number of carboxylic acid groups (broad SMARTS) is 22. The van der Waals surface area contributed by atoms with E-state index in [0.29, 0.717) is 25.7 Å². The van der Waals surface area contributed by atoms with Gasteiger partial charge in [0, 0.05) is 13.1 Å². The summed E-state index contributed by atoms with van der Waals surface area (Å²) < 4.78 is 57.1. The lowest BCUT2D eigenvalue weighted by atomic mass is 10.2. The number of hydrogen-bond acceptors (Lipinski definition) is 38. The van der Waals surface area contributed by atoms with Gasteiger partial charge in [-0.1, -0.05) is 27.7 Å². The third-order valence-corrected chi connectivity index (χ3v) is 16.7. The number of carbonyl (C=O) groups is 22. The van der Waals surface area contributed by atoms with Crippen LogP contribution in [0.1, 0.15) is 164 Å². The van der Waals surface area contributed by atoms with E-state index < -0.39 is 284 Å². The lowest BCUT2D eigenvalue weighted by molar-refractivity contribution is -0.144. The first kappa shape index (κ1) is 149. The standard InChI is InChI=1S/4C7H13NO4.4C6H11NO4.2C5H11NO5S.2C5H9NO4/c4*1-3-5(7(11)12)8-4(2)6(9)10;4*1-3(5(8)9)7-4(2)6(10)11;2*1-4(5(7)8)6-2-3-12(9,10)11;2*1-3(5(9)10)6-2-4(7)8/h4*4-5,8H,3H2,1-2H3,(H,9,10)(H,11,12);4*3-4,7H,1-2H3,(H,8,9)(H,10,11);2*4,6H,2-3H2,1H3,(H,7,8)(H,9,10,11);2*3,6H,2H2,1H3,(H,7,8)(H,9,10)/t3*4-,5+;4-,5-;2*3-,4+;2*3-,4-;2*4-;2*3-/m1101..101010/s1. The molecule has 0 unspecified atom stereocenters. The molecule has 796 valence electrons. The van der Waals surface area contributed by atoms with Crippen LogP contribution in [0, 0.1) is 0 Å². The van der Waals surface area contributed by atoms with Gasteiger partial charge in [-0.2, -0.15) is 16.8 Å². The van der Waals surface area contributed by atoms with Crippen molar-refractivity contribution >= 4 is 152 Å². The number of hydrogen-bond donors (Lipinski definition) is 36. The van der Waals surface area contributed by atoms with Gasteiger partial charge in [-0.05, 0) is 136 Å². The summed E-state index contributed by atoms with van der Waals surface area (Å²) in [6.45, 7) is 28.2. The van der Waals surface area contributed by atoms with E-state index in [9.17, 15) is 122 Å². The molecule has 0 aromatic rings. The minimum absolute atomic E-state index is 0.0771. The number of aliphatic carboxylic acids is 22. The summed E-state index contributed by atoms with van der Waals surface area (Å²) in [7, 11) is -8.00. The van der Waals surface area contributed by atoms with Crippen LogP contribution in [-0.4, -0.2) is 428 Å². The van der Waals surface area contributed by atoms with Crippen molar-refractivity contribution in [2.75, 3.05) is 37.7 Å². The molecular weight excluding hydrogens is 1900 g/mol. The van der Waals surface area contributed by atoms with Crippen molar-refractivity contribution in [3.8, 4) is 0 Å². The van der Waals surface area contributed by atoms with Gasteiger partial charge in [0.15, 0.2) is 0 Å². The van der Waals surface area contributed by atoms with Gasteiger partial charge in [0.25, 0.3) is 20.2 Å². The van der Waals surface area contributed by atoms with E-state index in [1.54, 1.807) is 27.7 Å². The normalized spacial score (nSPS) is 14.7. The zero-order chi connectivity index (χ0) is 111. The van der Waals surface area contributed by atoms with E-state index >= 15 is 0 Å². The van der Waals surface area contributed by atoms with Crippen molar-refractivity contribution in [1.29, 1.82) is 0 Å². The molecule has 136 heavy (non-hydrogen) atoms. The predicted molar refractivity (Wildman–Crippen MR) is 466 cm³/mol. The molecule has 0 aliphatic carbocycles. The monoisotopic (exact) mass is 2030 g/mol. The Morgan fingerprint density at radius 1 is 0.184 bits per heavy atom. The molecule has 0 saturated heterocycles. The van der Waals surface area contributed by atoms with Gasteiger partial charge in [0.05, 0.1) is 24.6 Å². The molecule has 0 aromatic carbocycles. The first-order valence-electron chi connectivity index (χ1n) is 39.4. The molecule has 0 heterocycles. The molecule has 0 bridgehead atoms. The fourth-order valence-electron chi connectivity index (χ4n) is 6.66. The first-order chi connectivity index (χ1) is 61.5. The summed E-state index contributed by atoms with van der Waals surface area (Å²) >= 11 is 0. The van der Waals surface area contributed by atoms with E-state index in [-0.39, 0.29) is 26.2 Å². The first-order valence-corrected chi connectivity index (χ1v) is 42.6. The van der Waals surface area contributed by atoms with E-state index in [0.717, 1.165) is 0 Å². The maximum Gasteiger partial charge on any atom is 0.320 e. The Morgan fingerprint density at radius 3 is 0.382 bits per heavy atom. The van der Waals surface area contributed by atoms with Crippen LogP contribution in [0.3, 0.4) is 0 Å². The lowest BCUT2D eigenvalue weighted by Gasteiger charge is -2.14. The highest BCUT2D eigenvalue weighted by molar-refractivity contribution is 7.86. The van der Waals surface area contributed by atoms with Crippen molar-refractivity contribution < 1.29 is 244 Å². The molecule has 0 saturated carbocycles. The van der Waals surface area contributed by atoms with Crippen LogP contribution >= 0.6 is 0 Å².